The van der Waals surface area contributed by atoms with Crippen molar-refractivity contribution in [2.24, 2.45) is 17.3 Å². The van der Waals surface area contributed by atoms with E-state index >= 15 is 0 Å². The molecule has 2 heteroatoms. The van der Waals surface area contributed by atoms with Crippen molar-refractivity contribution in [2.75, 3.05) is 0 Å². The molecule has 0 aromatic rings. The Kier molecular flexibility index (Phi) is 3.21. The predicted molar refractivity (Wildman–Crippen MR) is 87.4 cm³/mol. The Morgan fingerprint density at radius 1 is 1.18 bits per heavy atom. The van der Waals surface area contributed by atoms with Crippen LogP contribution < -0.4 is 0 Å². The summed E-state index contributed by atoms with van der Waals surface area (Å²) in [6.07, 6.45) is 11.2. The lowest BCUT2D eigenvalue weighted by atomic mass is 9.54. The minimum absolute atomic E-state index is 0.0994. The predicted octanol–water partition coefficient (Wildman–Crippen LogP) is 4.33. The summed E-state index contributed by atoms with van der Waals surface area (Å²) in [7, 11) is 0. The average Bonchev–Trinajstić information content (AvgIpc) is 2.79. The maximum atomic E-state index is 11.7. The smallest absolute Gasteiger partial charge is 0.156 e. The molecule has 2 saturated carbocycles. The van der Waals surface area contributed by atoms with E-state index in [0.717, 1.165) is 38.5 Å². The van der Waals surface area contributed by atoms with Gasteiger partial charge in [-0.2, -0.15) is 0 Å². The van der Waals surface area contributed by atoms with Crippen molar-refractivity contribution in [1.29, 1.82) is 0 Å². The van der Waals surface area contributed by atoms with E-state index in [1.165, 1.54) is 24.0 Å². The highest BCUT2D eigenvalue weighted by atomic mass is 16.3. The van der Waals surface area contributed by atoms with Gasteiger partial charge >= 0.3 is 0 Å². The summed E-state index contributed by atoms with van der Waals surface area (Å²) >= 11 is 0. The lowest BCUT2D eigenvalue weighted by molar-refractivity contribution is -0.114. The zero-order valence-electron chi connectivity index (χ0n) is 14.0. The lowest BCUT2D eigenvalue weighted by Crippen LogP contribution is -2.49. The van der Waals surface area contributed by atoms with Gasteiger partial charge in [0.1, 0.15) is 0 Å². The molecule has 0 radical (unpaired) electrons. The van der Waals surface area contributed by atoms with Crippen molar-refractivity contribution in [3.8, 4) is 0 Å². The van der Waals surface area contributed by atoms with Crippen molar-refractivity contribution < 1.29 is 9.90 Å². The average molecular weight is 300 g/mol. The fraction of sp³-hybridized carbons (Fsp3) is 0.750. The topological polar surface area (TPSA) is 37.3 Å². The fourth-order valence-electron chi connectivity index (χ4n) is 6.22. The Hall–Kier alpha value is -0.890. The Labute approximate surface area is 133 Å². The molecule has 0 saturated heterocycles. The molecule has 1 N–H and O–H groups in total. The summed E-state index contributed by atoms with van der Waals surface area (Å²) in [5.41, 5.74) is 4.18. The number of rotatable bonds is 1. The molecule has 0 spiro atoms. The quantitative estimate of drug-likeness (QED) is 0.782. The van der Waals surface area contributed by atoms with Crippen LogP contribution in [0.2, 0.25) is 0 Å². The number of fused-ring (bicyclic) bond motifs is 4. The molecule has 4 rings (SSSR count). The van der Waals surface area contributed by atoms with Gasteiger partial charge in [-0.25, -0.2) is 0 Å². The Balaban J connectivity index is 1.73. The molecule has 4 atom stereocenters. The van der Waals surface area contributed by atoms with E-state index in [0.29, 0.717) is 24.0 Å². The van der Waals surface area contributed by atoms with Gasteiger partial charge in [0.05, 0.1) is 5.60 Å². The molecule has 120 valence electrons. The zero-order valence-corrected chi connectivity index (χ0v) is 14.0. The summed E-state index contributed by atoms with van der Waals surface area (Å²) < 4.78 is 0. The molecule has 0 heterocycles. The van der Waals surface area contributed by atoms with Crippen LogP contribution in [0.15, 0.2) is 22.8 Å². The monoisotopic (exact) mass is 300 g/mol. The van der Waals surface area contributed by atoms with Crippen molar-refractivity contribution in [1.82, 2.24) is 0 Å². The molecular formula is C20H28O2. The molecule has 0 unspecified atom stereocenters. The highest BCUT2D eigenvalue weighted by molar-refractivity contribution is 5.93. The molecule has 2 fully saturated rings. The van der Waals surface area contributed by atoms with Crippen LogP contribution in [0.25, 0.3) is 0 Å². The molecule has 2 nitrogen and oxygen atoms in total. The van der Waals surface area contributed by atoms with E-state index < -0.39 is 5.60 Å². The summed E-state index contributed by atoms with van der Waals surface area (Å²) in [6.45, 7) is 4.50. The third-order valence-electron chi connectivity index (χ3n) is 7.64. The maximum absolute atomic E-state index is 11.7. The number of allylic oxidation sites excluding steroid dienone is 4. The standard InChI is InChI=1S/C20H28O2/c1-3-20(22)11-9-18-17-6-4-13-12-14(21)5-7-15(13)16(17)8-10-19(18,20)2/h12,17-18,22H,3-11H2,1-2H3/t17-,18+,19+,20+/m1/s1. The van der Waals surface area contributed by atoms with Gasteiger partial charge in [-0.05, 0) is 85.8 Å². The number of hydrogen-bond acceptors (Lipinski definition) is 2. The lowest BCUT2D eigenvalue weighted by Gasteiger charge is -2.51. The van der Waals surface area contributed by atoms with Gasteiger partial charge in [0.25, 0.3) is 0 Å². The van der Waals surface area contributed by atoms with Gasteiger partial charge in [-0.15, -0.1) is 0 Å². The van der Waals surface area contributed by atoms with Crippen molar-refractivity contribution in [3.05, 3.63) is 22.8 Å². The first kappa shape index (κ1) is 14.7. The summed E-state index contributed by atoms with van der Waals surface area (Å²) in [5.74, 6) is 1.63. The van der Waals surface area contributed by atoms with Gasteiger partial charge < -0.3 is 5.11 Å². The van der Waals surface area contributed by atoms with Crippen molar-refractivity contribution >= 4 is 5.78 Å². The van der Waals surface area contributed by atoms with E-state index in [1.54, 1.807) is 5.57 Å². The van der Waals surface area contributed by atoms with E-state index in [9.17, 15) is 9.90 Å². The maximum Gasteiger partial charge on any atom is 0.156 e. The van der Waals surface area contributed by atoms with E-state index in [1.807, 2.05) is 6.08 Å². The van der Waals surface area contributed by atoms with Crippen LogP contribution in [0, 0.1) is 17.3 Å². The number of ketones is 1. The molecular weight excluding hydrogens is 272 g/mol. The first-order valence-corrected chi connectivity index (χ1v) is 9.16. The second-order valence-corrected chi connectivity index (χ2v) is 8.23. The van der Waals surface area contributed by atoms with Gasteiger partial charge in [0.15, 0.2) is 5.78 Å². The Morgan fingerprint density at radius 3 is 2.77 bits per heavy atom. The van der Waals surface area contributed by atoms with Crippen LogP contribution in [0.3, 0.4) is 0 Å². The van der Waals surface area contributed by atoms with Gasteiger partial charge in [-0.1, -0.05) is 19.4 Å². The Morgan fingerprint density at radius 2 is 2.00 bits per heavy atom. The summed E-state index contributed by atoms with van der Waals surface area (Å²) in [4.78, 5) is 11.7. The van der Waals surface area contributed by atoms with E-state index in [4.69, 9.17) is 0 Å². The van der Waals surface area contributed by atoms with Crippen LogP contribution >= 0.6 is 0 Å². The minimum Gasteiger partial charge on any atom is -0.389 e. The van der Waals surface area contributed by atoms with Crippen LogP contribution in [0.1, 0.15) is 71.6 Å². The molecule has 4 aliphatic rings. The number of carbonyl (C=O) groups is 1. The first-order valence-electron chi connectivity index (χ1n) is 9.16. The summed E-state index contributed by atoms with van der Waals surface area (Å²) in [5, 5.41) is 11.1. The second-order valence-electron chi connectivity index (χ2n) is 8.23. The van der Waals surface area contributed by atoms with Crippen LogP contribution in [-0.2, 0) is 4.79 Å². The Bertz CT molecular complexity index is 585. The molecule has 0 aromatic carbocycles. The molecule has 0 aromatic heterocycles. The van der Waals surface area contributed by atoms with Gasteiger partial charge in [0.2, 0.25) is 0 Å². The highest BCUT2D eigenvalue weighted by Crippen LogP contribution is 2.64. The molecule has 4 aliphatic carbocycles. The fourth-order valence-corrected chi connectivity index (χ4v) is 6.22. The number of aliphatic hydroxyl groups is 1. The second kappa shape index (κ2) is 4.80. The molecule has 22 heavy (non-hydrogen) atoms. The highest BCUT2D eigenvalue weighted by Gasteiger charge is 2.59. The van der Waals surface area contributed by atoms with Crippen molar-refractivity contribution in [2.45, 2.75) is 77.2 Å². The SMILES string of the molecule is CC[C@]1(O)CC[C@H]2[C@@H]3CCC4=CC(=O)CCC4=C3CC[C@@]21C. The van der Waals surface area contributed by atoms with Crippen LogP contribution in [0.4, 0.5) is 0 Å². The number of hydrogen-bond donors (Lipinski definition) is 1. The number of carbonyl (C=O) groups excluding carboxylic acids is 1. The molecule has 0 amide bonds. The van der Waals surface area contributed by atoms with E-state index in [2.05, 4.69) is 13.8 Å². The van der Waals surface area contributed by atoms with Gasteiger partial charge in [-0.3, -0.25) is 4.79 Å². The molecule has 0 aliphatic heterocycles. The van der Waals surface area contributed by atoms with Crippen LogP contribution in [-0.4, -0.2) is 16.5 Å². The largest absolute Gasteiger partial charge is 0.389 e. The minimum atomic E-state index is -0.452. The summed E-state index contributed by atoms with van der Waals surface area (Å²) in [6, 6.07) is 0. The third-order valence-corrected chi connectivity index (χ3v) is 7.64. The van der Waals surface area contributed by atoms with Crippen molar-refractivity contribution in [3.63, 3.8) is 0 Å². The van der Waals surface area contributed by atoms with E-state index in [-0.39, 0.29) is 5.41 Å². The van der Waals surface area contributed by atoms with Gasteiger partial charge in [0, 0.05) is 6.42 Å². The third kappa shape index (κ3) is 1.79. The first-order chi connectivity index (χ1) is 10.5. The van der Waals surface area contributed by atoms with Crippen LogP contribution in [0.5, 0.6) is 0 Å². The molecule has 0 bridgehead atoms. The zero-order chi connectivity index (χ0) is 15.5. The normalized spacial score (nSPS) is 44.3.